The Kier molecular flexibility index (Phi) is 177. The van der Waals surface area contributed by atoms with Gasteiger partial charge in [0.25, 0.3) is 0 Å². The summed E-state index contributed by atoms with van der Waals surface area (Å²) in [5, 5.41) is 12.0. The molecule has 2 N–H and O–H groups in total. The summed E-state index contributed by atoms with van der Waals surface area (Å²) in [5.74, 6) is 0. The zero-order valence-electron chi connectivity index (χ0n) is 3.09. The molecule has 4 nitrogen and oxygen atoms in total. The van der Waals surface area contributed by atoms with Crippen LogP contribution in [0.1, 0.15) is 0 Å². The standard InChI is InChI=1S/CH3.H2O2.2O.Re/c;1-2;;;/h1H3;1-2H;;;/q-1;;;;. The molecule has 0 aliphatic heterocycles. The van der Waals surface area contributed by atoms with Gasteiger partial charge in [0.15, 0.2) is 0 Å². The van der Waals surface area contributed by atoms with Crippen LogP contribution in [0.25, 0.3) is 0 Å². The fourth-order valence-corrected chi connectivity index (χ4v) is 0. The second-order valence-corrected chi connectivity index (χ2v) is 0.516. The van der Waals surface area contributed by atoms with E-state index in [1.807, 2.05) is 0 Å². The predicted molar refractivity (Wildman–Crippen MR) is 13.0 cm³/mol. The molecule has 0 spiro atoms. The van der Waals surface area contributed by atoms with Crippen molar-refractivity contribution < 1.29 is 35.3 Å². The quantitative estimate of drug-likeness (QED) is 0.374. The van der Waals surface area contributed by atoms with E-state index in [4.69, 9.17) is 17.5 Å². The molecule has 0 bridgehead atoms. The molecule has 0 aliphatic carbocycles. The SMILES string of the molecule is OO.[CH3-].[O]=[Re]=[O]. The third kappa shape index (κ3) is 1270. The van der Waals surface area contributed by atoms with Crippen LogP contribution < -0.4 is 0 Å². The fourth-order valence-electron chi connectivity index (χ4n) is 0. The summed E-state index contributed by atoms with van der Waals surface area (Å²) >= 11 is -2.17. The molecule has 0 saturated heterocycles. The van der Waals surface area contributed by atoms with Gasteiger partial charge in [0.05, 0.1) is 0 Å². The molecule has 41 valence electrons. The van der Waals surface area contributed by atoms with Crippen molar-refractivity contribution in [1.29, 1.82) is 0 Å². The van der Waals surface area contributed by atoms with Crippen molar-refractivity contribution >= 4 is 0 Å². The summed E-state index contributed by atoms with van der Waals surface area (Å²) in [5.41, 5.74) is 0. The Bertz CT molecular complexity index is 28.5. The van der Waals surface area contributed by atoms with Crippen LogP contribution in [0, 0.1) is 7.43 Å². The first-order chi connectivity index (χ1) is 2.41. The topological polar surface area (TPSA) is 74.6 Å². The van der Waals surface area contributed by atoms with Crippen molar-refractivity contribution in [3.05, 3.63) is 7.43 Å². The van der Waals surface area contributed by atoms with Gasteiger partial charge in [-0.1, -0.05) is 0 Å². The van der Waals surface area contributed by atoms with Crippen LogP contribution in [0.3, 0.4) is 0 Å². The number of rotatable bonds is 0. The molecule has 0 fully saturated rings. The molecule has 6 heavy (non-hydrogen) atoms. The molecule has 0 unspecified atom stereocenters. The molecular weight excluding hydrogens is 262 g/mol. The van der Waals surface area contributed by atoms with Crippen molar-refractivity contribution in [2.45, 2.75) is 0 Å². The van der Waals surface area contributed by atoms with Gasteiger partial charge in [0.2, 0.25) is 0 Å². The van der Waals surface area contributed by atoms with Gasteiger partial charge in [0, 0.05) is 0 Å². The van der Waals surface area contributed by atoms with Gasteiger partial charge in [-0.2, -0.15) is 0 Å². The van der Waals surface area contributed by atoms with Gasteiger partial charge < -0.3 is 7.43 Å². The summed E-state index contributed by atoms with van der Waals surface area (Å²) in [6.07, 6.45) is 0. The van der Waals surface area contributed by atoms with E-state index in [2.05, 4.69) is 0 Å². The molecule has 0 aromatic heterocycles. The van der Waals surface area contributed by atoms with Gasteiger partial charge in [-0.25, -0.2) is 0 Å². The van der Waals surface area contributed by atoms with Crippen molar-refractivity contribution in [1.82, 2.24) is 0 Å². The molecule has 0 aromatic carbocycles. The Morgan fingerprint density at radius 3 is 1.17 bits per heavy atom. The first kappa shape index (κ1) is 16.4. The summed E-state index contributed by atoms with van der Waals surface area (Å²) in [4.78, 5) is 0. The second-order valence-electron chi connectivity index (χ2n) is 0.0630. The van der Waals surface area contributed by atoms with Crippen LogP contribution in [0.2, 0.25) is 0 Å². The minimum atomic E-state index is -2.17. The van der Waals surface area contributed by atoms with Gasteiger partial charge in [-0.3, -0.25) is 10.5 Å². The Balaban J connectivity index is -0.0000000275. The normalized spacial score (nSPS) is 3.00. The van der Waals surface area contributed by atoms with Gasteiger partial charge in [0.1, 0.15) is 0 Å². The molecule has 0 heterocycles. The van der Waals surface area contributed by atoms with Gasteiger partial charge in [-0.05, 0) is 0 Å². The molecule has 0 amide bonds. The van der Waals surface area contributed by atoms with E-state index in [9.17, 15) is 0 Å². The van der Waals surface area contributed by atoms with Crippen LogP contribution in [0.15, 0.2) is 0 Å². The summed E-state index contributed by atoms with van der Waals surface area (Å²) in [7, 11) is 0. The van der Waals surface area contributed by atoms with Crippen LogP contribution in [-0.4, -0.2) is 10.5 Å². The average molecular weight is 267 g/mol. The van der Waals surface area contributed by atoms with E-state index in [-0.39, 0.29) is 7.43 Å². The Morgan fingerprint density at radius 1 is 1.17 bits per heavy atom. The van der Waals surface area contributed by atoms with E-state index in [1.165, 1.54) is 0 Å². The molecular formula is CH5O4Re-. The maximum absolute atomic E-state index is 8.53. The molecule has 0 saturated carbocycles. The Morgan fingerprint density at radius 2 is 1.17 bits per heavy atom. The number of hydrogen-bond acceptors (Lipinski definition) is 4. The summed E-state index contributed by atoms with van der Waals surface area (Å²) in [6.45, 7) is 0. The Labute approximate surface area is 43.5 Å². The second kappa shape index (κ2) is 64.8. The average Bonchev–Trinajstić information content (AvgIpc) is 1.46. The third-order valence-electron chi connectivity index (χ3n) is 0. The third-order valence-corrected chi connectivity index (χ3v) is 0. The molecule has 0 aliphatic rings. The first-order valence-electron chi connectivity index (χ1n) is 0.509. The Hall–Kier alpha value is 0.182. The maximum atomic E-state index is 8.53. The van der Waals surface area contributed by atoms with E-state index in [0.29, 0.717) is 0 Å². The molecule has 0 atom stereocenters. The molecule has 0 radical (unpaired) electrons. The number of hydrogen-bond donors (Lipinski definition) is 2. The van der Waals surface area contributed by atoms with E-state index in [0.717, 1.165) is 0 Å². The zero-order valence-corrected chi connectivity index (χ0v) is 5.80. The summed E-state index contributed by atoms with van der Waals surface area (Å²) in [6, 6.07) is 0. The zero-order chi connectivity index (χ0) is 4.71. The van der Waals surface area contributed by atoms with Crippen LogP contribution in [-0.2, 0) is 24.8 Å². The summed E-state index contributed by atoms with van der Waals surface area (Å²) < 4.78 is 17.1. The van der Waals surface area contributed by atoms with Crippen molar-refractivity contribution in [2.75, 3.05) is 0 Å². The van der Waals surface area contributed by atoms with Gasteiger partial charge >= 0.3 is 24.8 Å². The molecule has 0 aromatic rings. The first-order valence-corrected chi connectivity index (χ1v) is 2.73. The van der Waals surface area contributed by atoms with Crippen molar-refractivity contribution in [3.63, 3.8) is 0 Å². The monoisotopic (exact) mass is 268 g/mol. The molecule has 5 heteroatoms. The van der Waals surface area contributed by atoms with E-state index in [1.54, 1.807) is 0 Å². The van der Waals surface area contributed by atoms with Gasteiger partial charge in [-0.15, -0.1) is 0 Å². The van der Waals surface area contributed by atoms with Crippen molar-refractivity contribution in [2.24, 2.45) is 0 Å². The van der Waals surface area contributed by atoms with Crippen molar-refractivity contribution in [3.8, 4) is 0 Å². The molecule has 0 rings (SSSR count). The van der Waals surface area contributed by atoms with E-state index < -0.39 is 17.9 Å². The van der Waals surface area contributed by atoms with Crippen LogP contribution >= 0.6 is 0 Å². The minimum absolute atomic E-state index is 0. The van der Waals surface area contributed by atoms with Crippen LogP contribution in [0.5, 0.6) is 0 Å². The predicted octanol–water partition coefficient (Wildman–Crippen LogP) is 0.228. The van der Waals surface area contributed by atoms with E-state index >= 15 is 0 Å². The fraction of sp³-hybridized carbons (Fsp3) is 0. The van der Waals surface area contributed by atoms with Crippen LogP contribution in [0.4, 0.5) is 0 Å².